The third kappa shape index (κ3) is 4.97. The molecule has 0 atom stereocenters. The maximum absolute atomic E-state index is 8.33. The summed E-state index contributed by atoms with van der Waals surface area (Å²) in [4.78, 5) is 8.38. The van der Waals surface area contributed by atoms with Crippen LogP contribution in [0.15, 0.2) is 22.7 Å². The zero-order valence-electron chi connectivity index (χ0n) is 9.26. The van der Waals surface area contributed by atoms with Crippen molar-refractivity contribution in [1.29, 1.82) is 0 Å². The fourth-order valence-electron chi connectivity index (χ4n) is 1.08. The van der Waals surface area contributed by atoms with Crippen molar-refractivity contribution in [3.63, 3.8) is 0 Å². The van der Waals surface area contributed by atoms with Crippen molar-refractivity contribution in [3.05, 3.63) is 18.0 Å². The lowest BCUT2D eigenvalue weighted by Crippen LogP contribution is -2.10. The Labute approximate surface area is 99.2 Å². The molecule has 88 valence electrons. The molecule has 0 bridgehead atoms. The molecule has 5 nitrogen and oxygen atoms in total. The number of nitrogens with zero attached hydrogens (tertiary/aromatic N) is 3. The Morgan fingerprint density at radius 2 is 2.12 bits per heavy atom. The Morgan fingerprint density at radius 3 is 2.75 bits per heavy atom. The molecule has 1 aromatic rings. The van der Waals surface area contributed by atoms with Crippen LogP contribution in [0.3, 0.4) is 0 Å². The van der Waals surface area contributed by atoms with Gasteiger partial charge in [-0.15, -0.1) is 0 Å². The van der Waals surface area contributed by atoms with Gasteiger partial charge in [0.15, 0.2) is 5.16 Å². The molecule has 0 aliphatic carbocycles. The lowest BCUT2D eigenvalue weighted by molar-refractivity contribution is 0.316. The predicted octanol–water partition coefficient (Wildman–Crippen LogP) is 1.79. The van der Waals surface area contributed by atoms with E-state index in [0.717, 1.165) is 29.3 Å². The van der Waals surface area contributed by atoms with Crippen molar-refractivity contribution in [2.75, 3.05) is 5.75 Å². The summed E-state index contributed by atoms with van der Waals surface area (Å²) < 4.78 is 0. The smallest absolute Gasteiger partial charge is 0.187 e. The second-order valence-corrected chi connectivity index (χ2v) is 4.50. The standard InChI is InChI=1S/C10H16N4OS/c1-8-6-12-10(13-7-8)16-5-3-2-4-9(11)14-15/h6-7,15H,2-5H2,1H3,(H2,11,14). The Morgan fingerprint density at radius 1 is 1.44 bits per heavy atom. The summed E-state index contributed by atoms with van der Waals surface area (Å²) in [5, 5.41) is 12.1. The molecule has 0 aliphatic rings. The van der Waals surface area contributed by atoms with Gasteiger partial charge in [-0.2, -0.15) is 0 Å². The molecule has 0 fully saturated rings. The third-order valence-electron chi connectivity index (χ3n) is 1.94. The fourth-order valence-corrected chi connectivity index (χ4v) is 1.86. The predicted molar refractivity (Wildman–Crippen MR) is 64.8 cm³/mol. The van der Waals surface area contributed by atoms with Gasteiger partial charge < -0.3 is 10.9 Å². The van der Waals surface area contributed by atoms with Crippen LogP contribution in [0.5, 0.6) is 0 Å². The van der Waals surface area contributed by atoms with E-state index in [2.05, 4.69) is 15.1 Å². The van der Waals surface area contributed by atoms with Crippen molar-refractivity contribution < 1.29 is 5.21 Å². The minimum atomic E-state index is 0.289. The summed E-state index contributed by atoms with van der Waals surface area (Å²) in [6.45, 7) is 1.96. The lowest BCUT2D eigenvalue weighted by atomic mass is 10.2. The molecule has 0 aromatic carbocycles. The Hall–Kier alpha value is -1.30. The van der Waals surface area contributed by atoms with Crippen LogP contribution in [0, 0.1) is 6.92 Å². The molecule has 0 amide bonds. The van der Waals surface area contributed by atoms with E-state index in [9.17, 15) is 0 Å². The number of oxime groups is 1. The monoisotopic (exact) mass is 240 g/mol. The Balaban J connectivity index is 2.14. The van der Waals surface area contributed by atoms with Gasteiger partial charge in [0.25, 0.3) is 0 Å². The van der Waals surface area contributed by atoms with Gasteiger partial charge in [0.05, 0.1) is 0 Å². The maximum Gasteiger partial charge on any atom is 0.187 e. The van der Waals surface area contributed by atoms with E-state index >= 15 is 0 Å². The number of unbranched alkanes of at least 4 members (excludes halogenated alkanes) is 1. The van der Waals surface area contributed by atoms with Crippen LogP contribution < -0.4 is 5.73 Å². The molecule has 0 saturated heterocycles. The van der Waals surface area contributed by atoms with E-state index in [0.29, 0.717) is 6.42 Å². The van der Waals surface area contributed by atoms with Crippen LogP contribution in [0.25, 0.3) is 0 Å². The highest BCUT2D eigenvalue weighted by atomic mass is 32.2. The van der Waals surface area contributed by atoms with Gasteiger partial charge in [0.2, 0.25) is 0 Å². The summed E-state index contributed by atoms with van der Waals surface area (Å²) in [6, 6.07) is 0. The quantitative estimate of drug-likeness (QED) is 0.151. The second-order valence-electron chi connectivity index (χ2n) is 3.44. The largest absolute Gasteiger partial charge is 0.409 e. The summed E-state index contributed by atoms with van der Waals surface area (Å²) in [6.07, 6.45) is 6.16. The number of amidine groups is 1. The second kappa shape index (κ2) is 7.05. The number of rotatable bonds is 6. The third-order valence-corrected chi connectivity index (χ3v) is 2.91. The lowest BCUT2D eigenvalue weighted by Gasteiger charge is -2.00. The van der Waals surface area contributed by atoms with Crippen molar-refractivity contribution in [2.24, 2.45) is 10.9 Å². The van der Waals surface area contributed by atoms with Gasteiger partial charge in [-0.1, -0.05) is 16.9 Å². The number of aryl methyl sites for hydroxylation is 1. The van der Waals surface area contributed by atoms with Crippen LogP contribution in [0.1, 0.15) is 24.8 Å². The molecule has 0 radical (unpaired) electrons. The normalized spacial score (nSPS) is 11.7. The summed E-state index contributed by atoms with van der Waals surface area (Å²) in [7, 11) is 0. The van der Waals surface area contributed by atoms with Crippen molar-refractivity contribution in [3.8, 4) is 0 Å². The van der Waals surface area contributed by atoms with Gasteiger partial charge in [0.1, 0.15) is 5.84 Å². The van der Waals surface area contributed by atoms with Crippen molar-refractivity contribution in [1.82, 2.24) is 9.97 Å². The van der Waals surface area contributed by atoms with Crippen molar-refractivity contribution in [2.45, 2.75) is 31.3 Å². The number of aromatic nitrogens is 2. The SMILES string of the molecule is Cc1cnc(SCCCCC(N)=NO)nc1. The molecule has 0 unspecified atom stereocenters. The van der Waals surface area contributed by atoms with Crippen LogP contribution in [0.2, 0.25) is 0 Å². The Kier molecular flexibility index (Phi) is 5.63. The molecular formula is C10H16N4OS. The first kappa shape index (κ1) is 12.8. The summed E-state index contributed by atoms with van der Waals surface area (Å²) in [5.41, 5.74) is 6.42. The fraction of sp³-hybridized carbons (Fsp3) is 0.500. The van der Waals surface area contributed by atoms with Gasteiger partial charge in [-0.25, -0.2) is 9.97 Å². The molecule has 1 heterocycles. The van der Waals surface area contributed by atoms with Gasteiger partial charge >= 0.3 is 0 Å². The number of nitrogens with two attached hydrogens (primary N) is 1. The molecular weight excluding hydrogens is 224 g/mol. The molecule has 1 rings (SSSR count). The minimum absolute atomic E-state index is 0.289. The van der Waals surface area contributed by atoms with Crippen LogP contribution in [-0.2, 0) is 0 Å². The van der Waals surface area contributed by atoms with Gasteiger partial charge in [-0.3, -0.25) is 0 Å². The van der Waals surface area contributed by atoms with E-state index in [1.807, 2.05) is 19.3 Å². The average molecular weight is 240 g/mol. The average Bonchev–Trinajstić information content (AvgIpc) is 2.31. The highest BCUT2D eigenvalue weighted by Gasteiger charge is 1.98. The first-order valence-corrected chi connectivity index (χ1v) is 6.09. The van der Waals surface area contributed by atoms with E-state index in [1.54, 1.807) is 11.8 Å². The summed E-state index contributed by atoms with van der Waals surface area (Å²) >= 11 is 1.62. The van der Waals surface area contributed by atoms with E-state index in [-0.39, 0.29) is 5.84 Å². The highest BCUT2D eigenvalue weighted by molar-refractivity contribution is 7.99. The first-order chi connectivity index (χ1) is 7.72. The maximum atomic E-state index is 8.33. The number of thioether (sulfide) groups is 1. The zero-order chi connectivity index (χ0) is 11.8. The molecule has 6 heteroatoms. The van der Waals surface area contributed by atoms with E-state index in [4.69, 9.17) is 10.9 Å². The zero-order valence-corrected chi connectivity index (χ0v) is 10.1. The van der Waals surface area contributed by atoms with Crippen LogP contribution in [-0.4, -0.2) is 26.8 Å². The van der Waals surface area contributed by atoms with Crippen LogP contribution in [0.4, 0.5) is 0 Å². The summed E-state index contributed by atoms with van der Waals surface area (Å²) in [5.74, 6) is 1.23. The molecule has 1 aromatic heterocycles. The van der Waals surface area contributed by atoms with Gasteiger partial charge in [0, 0.05) is 24.6 Å². The molecule has 0 saturated carbocycles. The first-order valence-electron chi connectivity index (χ1n) is 5.10. The molecule has 3 N–H and O–H groups in total. The number of hydrogen-bond acceptors (Lipinski definition) is 5. The molecule has 0 spiro atoms. The highest BCUT2D eigenvalue weighted by Crippen LogP contribution is 2.14. The molecule has 16 heavy (non-hydrogen) atoms. The topological polar surface area (TPSA) is 84.4 Å². The minimum Gasteiger partial charge on any atom is -0.409 e. The van der Waals surface area contributed by atoms with E-state index < -0.39 is 0 Å². The molecule has 0 aliphatic heterocycles. The van der Waals surface area contributed by atoms with E-state index in [1.165, 1.54) is 0 Å². The Bertz CT molecular complexity index is 339. The number of hydrogen-bond donors (Lipinski definition) is 2. The van der Waals surface area contributed by atoms with Crippen molar-refractivity contribution >= 4 is 17.6 Å². The van der Waals surface area contributed by atoms with Crippen LogP contribution >= 0.6 is 11.8 Å². The van der Waals surface area contributed by atoms with Gasteiger partial charge in [-0.05, 0) is 25.3 Å².